The third-order valence-corrected chi connectivity index (χ3v) is 4.97. The molecule has 2 unspecified atom stereocenters. The minimum atomic E-state index is -0.598. The normalized spacial score (nSPS) is 19.2. The first-order valence-electron chi connectivity index (χ1n) is 9.16. The van der Waals surface area contributed by atoms with Gasteiger partial charge in [0.25, 0.3) is 5.91 Å². The zero-order chi connectivity index (χ0) is 19.7. The van der Waals surface area contributed by atoms with E-state index >= 15 is 0 Å². The second-order valence-corrected chi connectivity index (χ2v) is 7.04. The van der Waals surface area contributed by atoms with Gasteiger partial charge in [-0.2, -0.15) is 0 Å². The van der Waals surface area contributed by atoms with Crippen molar-refractivity contribution in [2.24, 2.45) is 0 Å². The summed E-state index contributed by atoms with van der Waals surface area (Å²) in [5.74, 6) is 0.597. The first-order chi connectivity index (χ1) is 13.5. The highest BCUT2D eigenvalue weighted by Gasteiger charge is 2.34. The second-order valence-electron chi connectivity index (χ2n) is 7.04. The highest BCUT2D eigenvalue weighted by Crippen LogP contribution is 2.25. The fraction of sp³-hybridized carbons (Fsp3) is 0.286. The SMILES string of the molecule is Cc1ccc(-c2nnc(-c3ccc(C(=O)N4CC(O)CC4CO)cc3)o2)cc1. The largest absolute Gasteiger partial charge is 0.416 e. The molecule has 1 amide bonds. The summed E-state index contributed by atoms with van der Waals surface area (Å²) in [5, 5.41) is 27.4. The van der Waals surface area contributed by atoms with E-state index < -0.39 is 6.10 Å². The van der Waals surface area contributed by atoms with Crippen molar-refractivity contribution in [3.05, 3.63) is 59.7 Å². The van der Waals surface area contributed by atoms with Crippen molar-refractivity contribution in [2.75, 3.05) is 13.2 Å². The van der Waals surface area contributed by atoms with Crippen LogP contribution in [0.5, 0.6) is 0 Å². The number of hydrogen-bond acceptors (Lipinski definition) is 6. The van der Waals surface area contributed by atoms with Gasteiger partial charge in [-0.3, -0.25) is 4.79 Å². The molecule has 3 aromatic rings. The highest BCUT2D eigenvalue weighted by atomic mass is 16.4. The lowest BCUT2D eigenvalue weighted by Crippen LogP contribution is -2.37. The summed E-state index contributed by atoms with van der Waals surface area (Å²) in [6.07, 6.45) is -0.205. The molecule has 28 heavy (non-hydrogen) atoms. The number of rotatable bonds is 4. The molecule has 7 heteroatoms. The van der Waals surface area contributed by atoms with Crippen molar-refractivity contribution < 1.29 is 19.4 Å². The topological polar surface area (TPSA) is 99.7 Å². The Kier molecular flexibility index (Phi) is 4.93. The molecule has 1 fully saturated rings. The molecule has 1 aromatic heterocycles. The Bertz CT molecular complexity index is 966. The number of likely N-dealkylation sites (tertiary alicyclic amines) is 1. The minimum Gasteiger partial charge on any atom is -0.416 e. The van der Waals surface area contributed by atoms with Crippen LogP contribution >= 0.6 is 0 Å². The van der Waals surface area contributed by atoms with E-state index in [9.17, 15) is 15.0 Å². The summed E-state index contributed by atoms with van der Waals surface area (Å²) >= 11 is 0. The summed E-state index contributed by atoms with van der Waals surface area (Å²) in [4.78, 5) is 14.2. The average molecular weight is 379 g/mol. The third-order valence-electron chi connectivity index (χ3n) is 4.97. The zero-order valence-electron chi connectivity index (χ0n) is 15.4. The van der Waals surface area contributed by atoms with E-state index in [0.29, 0.717) is 29.3 Å². The van der Waals surface area contributed by atoms with Gasteiger partial charge >= 0.3 is 0 Å². The minimum absolute atomic E-state index is 0.162. The molecule has 1 aliphatic rings. The lowest BCUT2D eigenvalue weighted by Gasteiger charge is -2.22. The van der Waals surface area contributed by atoms with Crippen LogP contribution in [0.2, 0.25) is 0 Å². The molecule has 2 atom stereocenters. The number of carbonyl (C=O) groups excluding carboxylic acids is 1. The van der Waals surface area contributed by atoms with Crippen molar-refractivity contribution in [1.82, 2.24) is 15.1 Å². The average Bonchev–Trinajstić information content (AvgIpc) is 3.35. The molecule has 4 rings (SSSR count). The van der Waals surface area contributed by atoms with E-state index in [0.717, 1.165) is 11.1 Å². The quantitative estimate of drug-likeness (QED) is 0.721. The van der Waals surface area contributed by atoms with Crippen LogP contribution in [0.15, 0.2) is 52.9 Å². The Hall–Kier alpha value is -3.03. The van der Waals surface area contributed by atoms with Gasteiger partial charge in [-0.25, -0.2) is 0 Å². The van der Waals surface area contributed by atoms with Gasteiger partial charge in [0.05, 0.1) is 18.8 Å². The van der Waals surface area contributed by atoms with E-state index in [1.54, 1.807) is 24.3 Å². The smallest absolute Gasteiger partial charge is 0.254 e. The Morgan fingerprint density at radius 3 is 2.21 bits per heavy atom. The Morgan fingerprint density at radius 1 is 1.07 bits per heavy atom. The van der Waals surface area contributed by atoms with Gasteiger partial charge in [-0.05, 0) is 49.7 Å². The van der Waals surface area contributed by atoms with E-state index in [-0.39, 0.29) is 25.1 Å². The monoisotopic (exact) mass is 379 g/mol. The molecule has 2 heterocycles. The number of benzene rings is 2. The fourth-order valence-corrected chi connectivity index (χ4v) is 3.39. The molecule has 144 valence electrons. The maximum absolute atomic E-state index is 12.7. The van der Waals surface area contributed by atoms with Gasteiger partial charge in [0.2, 0.25) is 11.8 Å². The van der Waals surface area contributed by atoms with Crippen LogP contribution < -0.4 is 0 Å². The number of aromatic nitrogens is 2. The van der Waals surface area contributed by atoms with Gasteiger partial charge in [-0.15, -0.1) is 10.2 Å². The number of aryl methyl sites for hydroxylation is 1. The van der Waals surface area contributed by atoms with Crippen molar-refractivity contribution in [2.45, 2.75) is 25.5 Å². The molecule has 2 N–H and O–H groups in total. The number of β-amino-alcohol motifs (C(OH)–C–C–N with tert-alkyl or cyclic N) is 1. The lowest BCUT2D eigenvalue weighted by atomic mass is 10.1. The molecule has 1 saturated heterocycles. The molecular weight excluding hydrogens is 358 g/mol. The van der Waals surface area contributed by atoms with E-state index in [1.165, 1.54) is 4.90 Å². The maximum atomic E-state index is 12.7. The van der Waals surface area contributed by atoms with E-state index in [4.69, 9.17) is 4.42 Å². The number of aliphatic hydroxyl groups is 2. The standard InChI is InChI=1S/C21H21N3O4/c1-13-2-4-14(5-3-13)19-22-23-20(28-19)15-6-8-16(9-7-15)21(27)24-11-18(26)10-17(24)12-25/h2-9,17-18,25-26H,10-12H2,1H3. The molecule has 0 radical (unpaired) electrons. The van der Waals surface area contributed by atoms with E-state index in [1.807, 2.05) is 31.2 Å². The van der Waals surface area contributed by atoms with Crippen LogP contribution in [0.25, 0.3) is 22.9 Å². The van der Waals surface area contributed by atoms with Crippen LogP contribution in [0.3, 0.4) is 0 Å². The molecule has 0 saturated carbocycles. The number of amides is 1. The maximum Gasteiger partial charge on any atom is 0.254 e. The van der Waals surface area contributed by atoms with Crippen LogP contribution in [-0.2, 0) is 0 Å². The van der Waals surface area contributed by atoms with Crippen molar-refractivity contribution >= 4 is 5.91 Å². The van der Waals surface area contributed by atoms with Crippen molar-refractivity contribution in [3.8, 4) is 22.9 Å². The van der Waals surface area contributed by atoms with Crippen LogP contribution in [0.1, 0.15) is 22.3 Å². The first kappa shape index (κ1) is 18.3. The number of hydrogen-bond donors (Lipinski definition) is 2. The molecule has 0 bridgehead atoms. The number of carbonyl (C=O) groups is 1. The molecule has 0 spiro atoms. The van der Waals surface area contributed by atoms with Crippen molar-refractivity contribution in [3.63, 3.8) is 0 Å². The van der Waals surface area contributed by atoms with Gasteiger partial charge in [0.15, 0.2) is 0 Å². The molecule has 7 nitrogen and oxygen atoms in total. The van der Waals surface area contributed by atoms with Gasteiger partial charge in [0, 0.05) is 23.2 Å². The zero-order valence-corrected chi connectivity index (χ0v) is 15.4. The molecular formula is C21H21N3O4. The predicted octanol–water partition coefficient (Wildman–Crippen LogP) is 2.28. The van der Waals surface area contributed by atoms with Gasteiger partial charge in [0.1, 0.15) is 0 Å². The second kappa shape index (κ2) is 7.53. The number of nitrogens with zero attached hydrogens (tertiary/aromatic N) is 3. The summed E-state index contributed by atoms with van der Waals surface area (Å²) in [7, 11) is 0. The Balaban J connectivity index is 1.52. The van der Waals surface area contributed by atoms with Crippen LogP contribution in [-0.4, -0.2) is 56.5 Å². The summed E-state index contributed by atoms with van der Waals surface area (Å²) in [5.41, 5.74) is 3.19. The molecule has 1 aliphatic heterocycles. The van der Waals surface area contributed by atoms with E-state index in [2.05, 4.69) is 10.2 Å². The summed E-state index contributed by atoms with van der Waals surface area (Å²) in [6, 6.07) is 14.3. The summed E-state index contributed by atoms with van der Waals surface area (Å²) < 4.78 is 5.76. The van der Waals surface area contributed by atoms with Crippen LogP contribution in [0.4, 0.5) is 0 Å². The fourth-order valence-electron chi connectivity index (χ4n) is 3.39. The molecule has 0 aliphatic carbocycles. The number of aliphatic hydroxyl groups excluding tert-OH is 2. The predicted molar refractivity (Wildman–Crippen MR) is 102 cm³/mol. The Morgan fingerprint density at radius 2 is 1.64 bits per heavy atom. The summed E-state index contributed by atoms with van der Waals surface area (Å²) in [6.45, 7) is 2.08. The van der Waals surface area contributed by atoms with Gasteiger partial charge < -0.3 is 19.5 Å². The Labute approximate surface area is 162 Å². The van der Waals surface area contributed by atoms with Crippen molar-refractivity contribution in [1.29, 1.82) is 0 Å². The first-order valence-corrected chi connectivity index (χ1v) is 9.16. The van der Waals surface area contributed by atoms with Crippen LogP contribution in [0, 0.1) is 6.92 Å². The van der Waals surface area contributed by atoms with Gasteiger partial charge in [-0.1, -0.05) is 17.7 Å². The highest BCUT2D eigenvalue weighted by molar-refractivity contribution is 5.95. The lowest BCUT2D eigenvalue weighted by molar-refractivity contribution is 0.0665. The third kappa shape index (κ3) is 3.54. The molecule has 2 aromatic carbocycles.